The second kappa shape index (κ2) is 5.43. The number of aromatic nitrogens is 4. The number of nitrogens with one attached hydrogen (secondary N) is 2. The Balaban J connectivity index is 1.83. The maximum absolute atomic E-state index is 11.8. The lowest BCUT2D eigenvalue weighted by Gasteiger charge is -2.20. The number of aliphatic carboxylic acids is 1. The molecule has 0 aromatic carbocycles. The van der Waals surface area contributed by atoms with Crippen LogP contribution in [0.1, 0.15) is 18.7 Å². The Labute approximate surface area is 103 Å². The van der Waals surface area contributed by atoms with E-state index in [1.54, 1.807) is 0 Å². The highest BCUT2D eigenvalue weighted by Gasteiger charge is 2.27. The van der Waals surface area contributed by atoms with Crippen LogP contribution in [0.3, 0.4) is 0 Å². The van der Waals surface area contributed by atoms with Crippen LogP contribution in [-0.2, 0) is 11.3 Å². The van der Waals surface area contributed by atoms with Crippen LogP contribution >= 0.6 is 0 Å². The van der Waals surface area contributed by atoms with Gasteiger partial charge in [-0.1, -0.05) is 5.21 Å². The van der Waals surface area contributed by atoms with Crippen molar-refractivity contribution in [3.8, 4) is 0 Å². The molecule has 3 N–H and O–H groups in total. The van der Waals surface area contributed by atoms with E-state index in [9.17, 15) is 9.59 Å². The predicted octanol–water partition coefficient (Wildman–Crippen LogP) is -0.794. The molecular weight excluding hydrogens is 240 g/mol. The number of rotatable bonds is 6. The van der Waals surface area contributed by atoms with E-state index in [1.807, 2.05) is 0 Å². The van der Waals surface area contributed by atoms with Crippen LogP contribution in [0.25, 0.3) is 0 Å². The lowest BCUT2D eigenvalue weighted by Crippen LogP contribution is -2.43. The zero-order valence-corrected chi connectivity index (χ0v) is 9.67. The number of carboxylic acid groups (broad SMARTS) is 1. The van der Waals surface area contributed by atoms with Crippen molar-refractivity contribution in [2.24, 2.45) is 5.92 Å². The van der Waals surface area contributed by atoms with Gasteiger partial charge in [0, 0.05) is 6.54 Å². The minimum atomic E-state index is -1.02. The standard InChI is InChI=1S/C9H14N6O3/c16-8(17)5-15(4-6-1-2-6)9(18)10-3-7-11-13-14-12-7/h6H,1-5H2,(H,10,18)(H,16,17)(H,11,12,13,14). The number of aromatic amines is 1. The highest BCUT2D eigenvalue weighted by Crippen LogP contribution is 2.29. The third-order valence-corrected chi connectivity index (χ3v) is 2.58. The molecule has 1 aromatic rings. The molecule has 0 aliphatic heterocycles. The van der Waals surface area contributed by atoms with E-state index in [0.717, 1.165) is 12.8 Å². The lowest BCUT2D eigenvalue weighted by atomic mass is 10.3. The Kier molecular flexibility index (Phi) is 3.70. The minimum Gasteiger partial charge on any atom is -0.480 e. The summed E-state index contributed by atoms with van der Waals surface area (Å²) in [6.45, 7) is 0.301. The van der Waals surface area contributed by atoms with Crippen molar-refractivity contribution < 1.29 is 14.7 Å². The SMILES string of the molecule is O=C(O)CN(CC1CC1)C(=O)NCc1nn[nH]n1. The van der Waals surface area contributed by atoms with Crippen LogP contribution in [0.5, 0.6) is 0 Å². The van der Waals surface area contributed by atoms with Crippen LogP contribution in [0, 0.1) is 5.92 Å². The highest BCUT2D eigenvalue weighted by molar-refractivity contribution is 5.80. The zero-order valence-electron chi connectivity index (χ0n) is 9.67. The summed E-state index contributed by atoms with van der Waals surface area (Å²) in [5, 5.41) is 24.3. The Bertz CT molecular complexity index is 416. The van der Waals surface area contributed by atoms with Gasteiger partial charge in [0.25, 0.3) is 0 Å². The van der Waals surface area contributed by atoms with Gasteiger partial charge in [0.1, 0.15) is 6.54 Å². The first kappa shape index (κ1) is 12.3. The summed E-state index contributed by atoms with van der Waals surface area (Å²) in [6.07, 6.45) is 2.10. The molecule has 1 heterocycles. The van der Waals surface area contributed by atoms with Gasteiger partial charge in [0.2, 0.25) is 0 Å². The Morgan fingerprint density at radius 3 is 2.83 bits per heavy atom. The summed E-state index contributed by atoms with van der Waals surface area (Å²) < 4.78 is 0. The average Bonchev–Trinajstić information content (AvgIpc) is 2.98. The third kappa shape index (κ3) is 3.68. The quantitative estimate of drug-likeness (QED) is 0.610. The highest BCUT2D eigenvalue weighted by atomic mass is 16.4. The fourth-order valence-corrected chi connectivity index (χ4v) is 1.52. The van der Waals surface area contributed by atoms with Gasteiger partial charge in [0.15, 0.2) is 5.82 Å². The Morgan fingerprint density at radius 1 is 1.50 bits per heavy atom. The Hall–Kier alpha value is -2.19. The van der Waals surface area contributed by atoms with E-state index in [2.05, 4.69) is 25.9 Å². The van der Waals surface area contributed by atoms with E-state index in [0.29, 0.717) is 18.3 Å². The number of amides is 2. The van der Waals surface area contributed by atoms with Gasteiger partial charge in [-0.2, -0.15) is 5.21 Å². The molecule has 0 unspecified atom stereocenters. The predicted molar refractivity (Wildman–Crippen MR) is 58.3 cm³/mol. The summed E-state index contributed by atoms with van der Waals surface area (Å²) in [5.41, 5.74) is 0. The monoisotopic (exact) mass is 254 g/mol. The maximum atomic E-state index is 11.8. The molecule has 1 aliphatic carbocycles. The van der Waals surface area contributed by atoms with Gasteiger partial charge in [-0.05, 0) is 18.8 Å². The number of H-pyrrole nitrogens is 1. The average molecular weight is 254 g/mol. The second-order valence-corrected chi connectivity index (χ2v) is 4.20. The molecule has 9 nitrogen and oxygen atoms in total. The first-order chi connectivity index (χ1) is 8.65. The number of urea groups is 1. The number of carbonyl (C=O) groups is 2. The minimum absolute atomic E-state index is 0.121. The van der Waals surface area contributed by atoms with Crippen LogP contribution in [-0.4, -0.2) is 55.7 Å². The summed E-state index contributed by atoms with van der Waals surface area (Å²) in [6, 6.07) is -0.422. The van der Waals surface area contributed by atoms with E-state index in [4.69, 9.17) is 5.11 Å². The van der Waals surface area contributed by atoms with Crippen LogP contribution in [0.4, 0.5) is 4.79 Å². The first-order valence-electron chi connectivity index (χ1n) is 5.62. The van der Waals surface area contributed by atoms with E-state index in [1.165, 1.54) is 4.90 Å². The van der Waals surface area contributed by atoms with Crippen molar-refractivity contribution in [2.45, 2.75) is 19.4 Å². The molecule has 1 aromatic heterocycles. The van der Waals surface area contributed by atoms with Gasteiger partial charge in [-0.25, -0.2) is 4.79 Å². The molecule has 9 heteroatoms. The van der Waals surface area contributed by atoms with Crippen molar-refractivity contribution in [1.82, 2.24) is 30.8 Å². The van der Waals surface area contributed by atoms with Gasteiger partial charge in [-0.15, -0.1) is 10.2 Å². The van der Waals surface area contributed by atoms with E-state index in [-0.39, 0.29) is 13.1 Å². The molecule has 2 amide bonds. The number of carboxylic acids is 1. The molecule has 18 heavy (non-hydrogen) atoms. The molecule has 0 bridgehead atoms. The van der Waals surface area contributed by atoms with E-state index < -0.39 is 12.0 Å². The van der Waals surface area contributed by atoms with Gasteiger partial charge in [-0.3, -0.25) is 4.79 Å². The summed E-state index contributed by atoms with van der Waals surface area (Å²) >= 11 is 0. The van der Waals surface area contributed by atoms with Gasteiger partial charge >= 0.3 is 12.0 Å². The molecule has 1 aliphatic rings. The van der Waals surface area contributed by atoms with Crippen LogP contribution in [0.15, 0.2) is 0 Å². The normalized spacial score (nSPS) is 14.2. The fourth-order valence-electron chi connectivity index (χ4n) is 1.52. The van der Waals surface area contributed by atoms with Gasteiger partial charge in [0.05, 0.1) is 6.54 Å². The molecule has 0 spiro atoms. The number of carbonyl (C=O) groups excluding carboxylic acids is 1. The molecule has 0 radical (unpaired) electrons. The zero-order chi connectivity index (χ0) is 13.0. The number of hydrogen-bond acceptors (Lipinski definition) is 5. The van der Waals surface area contributed by atoms with Crippen molar-refractivity contribution in [2.75, 3.05) is 13.1 Å². The van der Waals surface area contributed by atoms with Crippen LogP contribution in [0.2, 0.25) is 0 Å². The summed E-state index contributed by atoms with van der Waals surface area (Å²) in [5.74, 6) is -0.240. The number of nitrogens with zero attached hydrogens (tertiary/aromatic N) is 4. The van der Waals surface area contributed by atoms with Crippen molar-refractivity contribution in [3.63, 3.8) is 0 Å². The number of tetrazole rings is 1. The van der Waals surface area contributed by atoms with E-state index >= 15 is 0 Å². The molecule has 0 saturated heterocycles. The number of hydrogen-bond donors (Lipinski definition) is 3. The molecular formula is C9H14N6O3. The van der Waals surface area contributed by atoms with Crippen molar-refractivity contribution in [3.05, 3.63) is 5.82 Å². The van der Waals surface area contributed by atoms with Crippen molar-refractivity contribution >= 4 is 12.0 Å². The summed E-state index contributed by atoms with van der Waals surface area (Å²) in [7, 11) is 0. The van der Waals surface area contributed by atoms with Crippen molar-refractivity contribution in [1.29, 1.82) is 0 Å². The second-order valence-electron chi connectivity index (χ2n) is 4.20. The first-order valence-corrected chi connectivity index (χ1v) is 5.62. The smallest absolute Gasteiger partial charge is 0.323 e. The Morgan fingerprint density at radius 2 is 2.28 bits per heavy atom. The molecule has 2 rings (SSSR count). The third-order valence-electron chi connectivity index (χ3n) is 2.58. The molecule has 1 fully saturated rings. The summed E-state index contributed by atoms with van der Waals surface area (Å²) in [4.78, 5) is 23.8. The maximum Gasteiger partial charge on any atom is 0.323 e. The lowest BCUT2D eigenvalue weighted by molar-refractivity contribution is -0.137. The molecule has 0 atom stereocenters. The fraction of sp³-hybridized carbons (Fsp3) is 0.667. The van der Waals surface area contributed by atoms with Crippen LogP contribution < -0.4 is 5.32 Å². The molecule has 98 valence electrons. The topological polar surface area (TPSA) is 124 Å². The largest absolute Gasteiger partial charge is 0.480 e. The molecule has 1 saturated carbocycles. The van der Waals surface area contributed by atoms with Gasteiger partial charge < -0.3 is 15.3 Å².